The molecule has 1 aromatic carbocycles. The normalized spacial score (nSPS) is 12.5. The predicted octanol–water partition coefficient (Wildman–Crippen LogP) is 3.10. The van der Waals surface area contributed by atoms with E-state index in [1.165, 1.54) is 0 Å². The van der Waals surface area contributed by atoms with Crippen molar-refractivity contribution >= 4 is 17.0 Å². The van der Waals surface area contributed by atoms with Crippen molar-refractivity contribution in [2.75, 3.05) is 5.32 Å². The predicted molar refractivity (Wildman–Crippen MR) is 72.8 cm³/mol. The fraction of sp³-hybridized carbons (Fsp3) is 0.214. The summed E-state index contributed by atoms with van der Waals surface area (Å²) in [6, 6.07) is 11.5. The number of nitrogens with one attached hydrogen (secondary N) is 1. The maximum absolute atomic E-state index is 5.57. The Hall–Kier alpha value is -2.43. The fourth-order valence-electron chi connectivity index (χ4n) is 1.89. The van der Waals surface area contributed by atoms with Crippen LogP contribution < -0.4 is 5.32 Å². The van der Waals surface area contributed by atoms with Crippen LogP contribution in [0, 0.1) is 6.92 Å². The molecule has 0 spiro atoms. The van der Waals surface area contributed by atoms with Gasteiger partial charge in [0.15, 0.2) is 0 Å². The van der Waals surface area contributed by atoms with Crippen LogP contribution in [0.4, 0.5) is 5.95 Å². The van der Waals surface area contributed by atoms with Crippen LogP contribution in [0.15, 0.2) is 40.8 Å². The number of hydrogen-bond donors (Lipinski definition) is 1. The van der Waals surface area contributed by atoms with E-state index in [2.05, 4.69) is 20.5 Å². The molecule has 19 heavy (non-hydrogen) atoms. The summed E-state index contributed by atoms with van der Waals surface area (Å²) in [6.07, 6.45) is 0. The van der Waals surface area contributed by atoms with Gasteiger partial charge in [-0.25, -0.2) is 4.98 Å². The van der Waals surface area contributed by atoms with Crippen LogP contribution in [-0.2, 0) is 0 Å². The SMILES string of the molecule is Cc1ccc(C(C)Nc2nnc3ccccc3n2)o1. The van der Waals surface area contributed by atoms with E-state index in [0.29, 0.717) is 5.95 Å². The van der Waals surface area contributed by atoms with Crippen LogP contribution >= 0.6 is 0 Å². The number of para-hydroxylation sites is 1. The van der Waals surface area contributed by atoms with Gasteiger partial charge in [0.05, 0.1) is 11.6 Å². The molecule has 1 unspecified atom stereocenters. The molecule has 0 bridgehead atoms. The van der Waals surface area contributed by atoms with Gasteiger partial charge in [-0.05, 0) is 38.1 Å². The molecule has 0 amide bonds. The number of furan rings is 1. The molecule has 96 valence electrons. The molecule has 0 saturated carbocycles. The van der Waals surface area contributed by atoms with Crippen molar-refractivity contribution in [1.29, 1.82) is 0 Å². The van der Waals surface area contributed by atoms with E-state index in [1.54, 1.807) is 0 Å². The van der Waals surface area contributed by atoms with Crippen molar-refractivity contribution in [3.05, 3.63) is 47.9 Å². The van der Waals surface area contributed by atoms with Crippen molar-refractivity contribution in [3.63, 3.8) is 0 Å². The van der Waals surface area contributed by atoms with Crippen LogP contribution in [0.1, 0.15) is 24.5 Å². The van der Waals surface area contributed by atoms with Crippen LogP contribution in [0.25, 0.3) is 11.0 Å². The second-order valence-electron chi connectivity index (χ2n) is 4.44. The first-order chi connectivity index (χ1) is 9.22. The fourth-order valence-corrected chi connectivity index (χ4v) is 1.89. The Bertz CT molecular complexity index is 707. The van der Waals surface area contributed by atoms with Gasteiger partial charge in [0.2, 0.25) is 5.95 Å². The van der Waals surface area contributed by atoms with Crippen molar-refractivity contribution in [1.82, 2.24) is 15.2 Å². The molecule has 5 nitrogen and oxygen atoms in total. The Morgan fingerprint density at radius 3 is 2.58 bits per heavy atom. The monoisotopic (exact) mass is 254 g/mol. The smallest absolute Gasteiger partial charge is 0.243 e. The summed E-state index contributed by atoms with van der Waals surface area (Å²) in [5.41, 5.74) is 1.61. The van der Waals surface area contributed by atoms with Crippen LogP contribution in [0.5, 0.6) is 0 Å². The third-order valence-electron chi connectivity index (χ3n) is 2.89. The molecule has 2 heterocycles. The number of hydrogen-bond acceptors (Lipinski definition) is 5. The molecule has 1 atom stereocenters. The van der Waals surface area contributed by atoms with Gasteiger partial charge in [-0.1, -0.05) is 12.1 Å². The first kappa shape index (κ1) is 11.6. The zero-order valence-electron chi connectivity index (χ0n) is 10.8. The maximum Gasteiger partial charge on any atom is 0.243 e. The number of aromatic nitrogens is 3. The van der Waals surface area contributed by atoms with Crippen LogP contribution in [-0.4, -0.2) is 15.2 Å². The Labute approximate surface area is 110 Å². The van der Waals surface area contributed by atoms with Gasteiger partial charge in [0.25, 0.3) is 0 Å². The minimum atomic E-state index is -0.00309. The van der Waals surface area contributed by atoms with Crippen molar-refractivity contribution < 1.29 is 4.42 Å². The van der Waals surface area contributed by atoms with Crippen LogP contribution in [0.2, 0.25) is 0 Å². The third kappa shape index (κ3) is 2.40. The van der Waals surface area contributed by atoms with E-state index < -0.39 is 0 Å². The van der Waals surface area contributed by atoms with E-state index in [1.807, 2.05) is 50.2 Å². The van der Waals surface area contributed by atoms with E-state index >= 15 is 0 Å². The molecule has 0 aliphatic rings. The minimum Gasteiger partial charge on any atom is -0.464 e. The Morgan fingerprint density at radius 2 is 1.84 bits per heavy atom. The van der Waals surface area contributed by atoms with Gasteiger partial charge in [0.1, 0.15) is 17.0 Å². The van der Waals surface area contributed by atoms with Crippen molar-refractivity contribution in [2.24, 2.45) is 0 Å². The zero-order valence-corrected chi connectivity index (χ0v) is 10.8. The highest BCUT2D eigenvalue weighted by Crippen LogP contribution is 2.19. The number of fused-ring (bicyclic) bond motifs is 1. The number of rotatable bonds is 3. The minimum absolute atomic E-state index is 0.00309. The zero-order chi connectivity index (χ0) is 13.2. The Balaban J connectivity index is 1.84. The standard InChI is InChI=1S/C14H14N4O/c1-9-7-8-13(19-9)10(2)15-14-16-11-5-3-4-6-12(11)17-18-14/h3-8,10H,1-2H3,(H,15,16,18). The van der Waals surface area contributed by atoms with Crippen molar-refractivity contribution in [2.45, 2.75) is 19.9 Å². The van der Waals surface area contributed by atoms with E-state index in [0.717, 1.165) is 22.6 Å². The Kier molecular flexibility index (Phi) is 2.87. The lowest BCUT2D eigenvalue weighted by molar-refractivity contribution is 0.466. The third-order valence-corrected chi connectivity index (χ3v) is 2.89. The first-order valence-electron chi connectivity index (χ1n) is 6.15. The molecular weight excluding hydrogens is 240 g/mol. The van der Waals surface area contributed by atoms with Gasteiger partial charge >= 0.3 is 0 Å². The quantitative estimate of drug-likeness (QED) is 0.778. The van der Waals surface area contributed by atoms with Gasteiger partial charge in [-0.15, -0.1) is 10.2 Å². The summed E-state index contributed by atoms with van der Waals surface area (Å²) in [4.78, 5) is 4.42. The lowest BCUT2D eigenvalue weighted by Crippen LogP contribution is -2.09. The highest BCUT2D eigenvalue weighted by atomic mass is 16.3. The molecule has 0 saturated heterocycles. The topological polar surface area (TPSA) is 63.8 Å². The molecule has 3 aromatic rings. The van der Waals surface area contributed by atoms with Gasteiger partial charge in [0, 0.05) is 0 Å². The molecule has 0 aliphatic heterocycles. The first-order valence-corrected chi connectivity index (χ1v) is 6.15. The molecule has 3 rings (SSSR count). The molecule has 2 aromatic heterocycles. The summed E-state index contributed by atoms with van der Waals surface area (Å²) < 4.78 is 5.57. The molecule has 0 aliphatic carbocycles. The summed E-state index contributed by atoms with van der Waals surface area (Å²) in [5.74, 6) is 2.25. The number of aryl methyl sites for hydroxylation is 1. The summed E-state index contributed by atoms with van der Waals surface area (Å²) in [5, 5.41) is 11.4. The molecule has 0 radical (unpaired) electrons. The van der Waals surface area contributed by atoms with Gasteiger partial charge in [-0.3, -0.25) is 0 Å². The average molecular weight is 254 g/mol. The maximum atomic E-state index is 5.57. The second-order valence-corrected chi connectivity index (χ2v) is 4.44. The highest BCUT2D eigenvalue weighted by molar-refractivity contribution is 5.74. The molecule has 5 heteroatoms. The lowest BCUT2D eigenvalue weighted by atomic mass is 10.2. The summed E-state index contributed by atoms with van der Waals surface area (Å²) in [6.45, 7) is 3.92. The van der Waals surface area contributed by atoms with Gasteiger partial charge in [-0.2, -0.15) is 0 Å². The summed E-state index contributed by atoms with van der Waals surface area (Å²) >= 11 is 0. The van der Waals surface area contributed by atoms with E-state index in [4.69, 9.17) is 4.42 Å². The number of benzene rings is 1. The average Bonchev–Trinajstić information content (AvgIpc) is 2.85. The highest BCUT2D eigenvalue weighted by Gasteiger charge is 2.11. The van der Waals surface area contributed by atoms with E-state index in [-0.39, 0.29) is 6.04 Å². The summed E-state index contributed by atoms with van der Waals surface area (Å²) in [7, 11) is 0. The van der Waals surface area contributed by atoms with Crippen LogP contribution in [0.3, 0.4) is 0 Å². The van der Waals surface area contributed by atoms with E-state index in [9.17, 15) is 0 Å². The number of anilines is 1. The van der Waals surface area contributed by atoms with Gasteiger partial charge < -0.3 is 9.73 Å². The molecule has 1 N–H and O–H groups in total. The Morgan fingerprint density at radius 1 is 1.05 bits per heavy atom. The second kappa shape index (κ2) is 4.68. The molecule has 0 fully saturated rings. The molecular formula is C14H14N4O. The number of nitrogens with zero attached hydrogens (tertiary/aromatic N) is 3. The largest absolute Gasteiger partial charge is 0.464 e. The van der Waals surface area contributed by atoms with Crippen molar-refractivity contribution in [3.8, 4) is 0 Å². The lowest BCUT2D eigenvalue weighted by Gasteiger charge is -2.10.